The van der Waals surface area contributed by atoms with Crippen molar-refractivity contribution in [2.75, 3.05) is 39.6 Å². The molecule has 3 N–H and O–H groups in total. The van der Waals surface area contributed by atoms with E-state index in [1.54, 1.807) is 0 Å². The zero-order chi connectivity index (χ0) is 70.7. The van der Waals surface area contributed by atoms with Crippen LogP contribution in [0.25, 0.3) is 0 Å². The fraction of sp³-hybridized carbons (Fsp3) is 0.844. The summed E-state index contributed by atoms with van der Waals surface area (Å²) in [7, 11) is -9.94. The van der Waals surface area contributed by atoms with E-state index in [4.69, 9.17) is 37.0 Å². The van der Waals surface area contributed by atoms with E-state index in [1.165, 1.54) is 135 Å². The third-order valence-corrected chi connectivity index (χ3v) is 18.6. The molecule has 96 heavy (non-hydrogen) atoms. The number of carbonyl (C=O) groups is 4. The number of rotatable bonds is 72. The molecule has 0 aromatic carbocycles. The third kappa shape index (κ3) is 69.5. The number of carbonyl (C=O) groups excluding carboxylic acids is 4. The molecule has 19 heteroatoms. The molecular weight excluding hydrogens is 1260 g/mol. The first-order chi connectivity index (χ1) is 46.4. The first-order valence-corrected chi connectivity index (χ1v) is 41.6. The van der Waals surface area contributed by atoms with Crippen molar-refractivity contribution in [3.63, 3.8) is 0 Å². The van der Waals surface area contributed by atoms with Crippen molar-refractivity contribution in [1.82, 2.24) is 0 Å². The van der Waals surface area contributed by atoms with Crippen LogP contribution in [0.2, 0.25) is 0 Å². The van der Waals surface area contributed by atoms with Gasteiger partial charge in [0.05, 0.1) is 26.4 Å². The number of aliphatic hydroxyl groups excluding tert-OH is 1. The van der Waals surface area contributed by atoms with Gasteiger partial charge in [0, 0.05) is 25.7 Å². The summed E-state index contributed by atoms with van der Waals surface area (Å²) in [5, 5.41) is 10.6. The van der Waals surface area contributed by atoms with Gasteiger partial charge in [-0.05, 0) is 88.9 Å². The van der Waals surface area contributed by atoms with Crippen molar-refractivity contribution in [2.24, 2.45) is 11.8 Å². The summed E-state index contributed by atoms with van der Waals surface area (Å²) in [5.41, 5.74) is 0. The second-order valence-electron chi connectivity index (χ2n) is 27.3. The van der Waals surface area contributed by atoms with Gasteiger partial charge in [-0.3, -0.25) is 37.3 Å². The van der Waals surface area contributed by atoms with Crippen LogP contribution in [0.5, 0.6) is 0 Å². The summed E-state index contributed by atoms with van der Waals surface area (Å²) in [6, 6.07) is 0. The molecule has 3 unspecified atom stereocenters. The zero-order valence-electron chi connectivity index (χ0n) is 61.6. The summed E-state index contributed by atoms with van der Waals surface area (Å²) in [5.74, 6) is -0.689. The lowest BCUT2D eigenvalue weighted by atomic mass is 10.0. The van der Waals surface area contributed by atoms with Crippen molar-refractivity contribution >= 4 is 39.5 Å². The largest absolute Gasteiger partial charge is 0.472 e. The SMILES string of the molecule is CCCCCC/C=C\C=C/CCCCCCCC(=O)O[C@H](COC(=O)CCCCCCCCCCCCCCCC(C)C)COP(=O)(O)OCC(O)COP(=O)(O)OC[C@@H](COC(=O)CCCCCCCCCC(C)C)OC(=O)CCCCCCC/C=C\C=C/CCCCCC. The smallest absolute Gasteiger partial charge is 0.462 e. The van der Waals surface area contributed by atoms with Crippen molar-refractivity contribution in [1.29, 1.82) is 0 Å². The fourth-order valence-corrected chi connectivity index (χ4v) is 12.3. The third-order valence-electron chi connectivity index (χ3n) is 16.7. The van der Waals surface area contributed by atoms with Gasteiger partial charge in [0.1, 0.15) is 19.3 Å². The van der Waals surface area contributed by atoms with Crippen LogP contribution in [0.1, 0.15) is 350 Å². The molecule has 0 heterocycles. The molecule has 0 aromatic rings. The molecule has 0 aliphatic rings. The van der Waals surface area contributed by atoms with E-state index < -0.39 is 97.5 Å². The Labute approximate surface area is 585 Å². The number of hydrogen-bond acceptors (Lipinski definition) is 15. The Morgan fingerprint density at radius 3 is 0.844 bits per heavy atom. The first kappa shape index (κ1) is 93.0. The van der Waals surface area contributed by atoms with Gasteiger partial charge >= 0.3 is 39.5 Å². The second kappa shape index (κ2) is 67.8. The minimum absolute atomic E-state index is 0.0816. The maximum Gasteiger partial charge on any atom is 0.472 e. The number of ether oxygens (including phenoxy) is 4. The van der Waals surface area contributed by atoms with Crippen LogP contribution in [0.15, 0.2) is 48.6 Å². The highest BCUT2D eigenvalue weighted by Gasteiger charge is 2.30. The van der Waals surface area contributed by atoms with Gasteiger partial charge in [-0.25, -0.2) is 9.13 Å². The van der Waals surface area contributed by atoms with Crippen LogP contribution in [-0.2, 0) is 65.4 Å². The van der Waals surface area contributed by atoms with Gasteiger partial charge in [-0.1, -0.05) is 296 Å². The van der Waals surface area contributed by atoms with Crippen LogP contribution in [0.4, 0.5) is 0 Å². The molecule has 0 bridgehead atoms. The van der Waals surface area contributed by atoms with Crippen LogP contribution in [-0.4, -0.2) is 96.7 Å². The van der Waals surface area contributed by atoms with Gasteiger partial charge in [0.25, 0.3) is 0 Å². The maximum absolute atomic E-state index is 13.1. The lowest BCUT2D eigenvalue weighted by molar-refractivity contribution is -0.161. The van der Waals surface area contributed by atoms with Crippen LogP contribution < -0.4 is 0 Å². The van der Waals surface area contributed by atoms with Crippen LogP contribution >= 0.6 is 15.6 Å². The predicted octanol–water partition coefficient (Wildman–Crippen LogP) is 21.8. The number of hydrogen-bond donors (Lipinski definition) is 3. The topological polar surface area (TPSA) is 237 Å². The van der Waals surface area contributed by atoms with Crippen molar-refractivity contribution in [2.45, 2.75) is 368 Å². The van der Waals surface area contributed by atoms with E-state index >= 15 is 0 Å². The molecule has 0 rings (SSSR count). The second-order valence-corrected chi connectivity index (χ2v) is 30.2. The molecule has 0 aliphatic heterocycles. The Kier molecular flexibility index (Phi) is 65.7. The molecule has 5 atom stereocenters. The van der Waals surface area contributed by atoms with E-state index in [2.05, 4.69) is 90.2 Å². The van der Waals surface area contributed by atoms with Gasteiger partial charge in [0.2, 0.25) is 0 Å². The van der Waals surface area contributed by atoms with Gasteiger partial charge in [-0.15, -0.1) is 0 Å². The minimum atomic E-state index is -4.97. The summed E-state index contributed by atoms with van der Waals surface area (Å²) in [6.07, 6.45) is 61.3. The number of allylic oxidation sites excluding steroid dienone is 8. The minimum Gasteiger partial charge on any atom is -0.462 e. The average molecular weight is 1400 g/mol. The number of phosphoric ester groups is 2. The normalized spacial score (nSPS) is 14.3. The molecule has 0 amide bonds. The number of phosphoric acid groups is 2. The molecule has 0 aromatic heterocycles. The molecule has 0 fully saturated rings. The predicted molar refractivity (Wildman–Crippen MR) is 390 cm³/mol. The van der Waals surface area contributed by atoms with Crippen molar-refractivity contribution in [3.8, 4) is 0 Å². The monoisotopic (exact) mass is 1400 g/mol. The molecule has 0 spiro atoms. The quantitative estimate of drug-likeness (QED) is 0.0169. The summed E-state index contributed by atoms with van der Waals surface area (Å²) >= 11 is 0. The van der Waals surface area contributed by atoms with Crippen molar-refractivity contribution < 1.29 is 80.2 Å². The van der Waals surface area contributed by atoms with E-state index in [0.29, 0.717) is 31.6 Å². The highest BCUT2D eigenvalue weighted by atomic mass is 31.2. The lowest BCUT2D eigenvalue weighted by Gasteiger charge is -2.21. The maximum atomic E-state index is 13.1. The van der Waals surface area contributed by atoms with Crippen LogP contribution in [0.3, 0.4) is 0 Å². The molecule has 0 aliphatic carbocycles. The van der Waals surface area contributed by atoms with Crippen LogP contribution in [0, 0.1) is 11.8 Å². The summed E-state index contributed by atoms with van der Waals surface area (Å²) in [6.45, 7) is 9.42. The number of aliphatic hydroxyl groups is 1. The van der Waals surface area contributed by atoms with Gasteiger partial charge in [-0.2, -0.15) is 0 Å². The summed E-state index contributed by atoms with van der Waals surface area (Å²) < 4.78 is 68.4. The Hall–Kier alpha value is -2.98. The van der Waals surface area contributed by atoms with Gasteiger partial charge < -0.3 is 33.8 Å². The lowest BCUT2D eigenvalue weighted by Crippen LogP contribution is -2.30. The Balaban J connectivity index is 5.32. The average Bonchev–Trinajstić information content (AvgIpc) is 1.10. The number of esters is 4. The van der Waals surface area contributed by atoms with E-state index in [9.17, 15) is 43.2 Å². The highest BCUT2D eigenvalue weighted by Crippen LogP contribution is 2.45. The Morgan fingerprint density at radius 2 is 0.562 bits per heavy atom. The Morgan fingerprint density at radius 1 is 0.323 bits per heavy atom. The van der Waals surface area contributed by atoms with Crippen molar-refractivity contribution in [3.05, 3.63) is 48.6 Å². The van der Waals surface area contributed by atoms with E-state index in [0.717, 1.165) is 128 Å². The standard InChI is InChI=1S/C77H142O17P2/c1-7-9-11-13-15-17-19-21-23-27-32-36-42-49-55-61-76(81)93-72(65-87-74(79)59-53-47-41-35-31-29-25-26-30-34-39-45-51-57-69(3)4)67-91-95(83,84)89-63-71(78)64-90-96(85,86)92-68-73(66-88-75(80)60-54-48-44-38-40-46-52-58-70(5)6)94-77(82)62-56-50-43-37-33-28-24-22-20-18-16-14-12-10-8-2/h17-24,69-73,78H,7-16,25-68H2,1-6H3,(H,83,84)(H,85,86)/b19-17-,20-18-,23-21-,24-22-/t71?,72-,73-/m1/s1. The zero-order valence-corrected chi connectivity index (χ0v) is 63.4. The summed E-state index contributed by atoms with van der Waals surface area (Å²) in [4.78, 5) is 72.8. The number of unbranched alkanes of at least 4 members (excludes halogenated alkanes) is 36. The first-order valence-electron chi connectivity index (χ1n) is 38.6. The molecule has 0 saturated carbocycles. The fourth-order valence-electron chi connectivity index (χ4n) is 10.7. The molecule has 562 valence electrons. The molecule has 17 nitrogen and oxygen atoms in total. The highest BCUT2D eigenvalue weighted by molar-refractivity contribution is 7.47. The van der Waals surface area contributed by atoms with E-state index in [1.807, 2.05) is 0 Å². The molecule has 0 saturated heterocycles. The van der Waals surface area contributed by atoms with E-state index in [-0.39, 0.29) is 25.7 Å². The molecule has 0 radical (unpaired) electrons. The van der Waals surface area contributed by atoms with Gasteiger partial charge in [0.15, 0.2) is 12.2 Å². The Bertz CT molecular complexity index is 2040. The molecular formula is C77H142O17P2.